The fraction of sp³-hybridized carbons (Fsp3) is 0.833. The second-order valence-corrected chi connectivity index (χ2v) is 6.36. The summed E-state index contributed by atoms with van der Waals surface area (Å²) in [6.45, 7) is 13.3. The molecule has 1 heterocycles. The van der Waals surface area contributed by atoms with Crippen LogP contribution in [-0.2, 0) is 10.8 Å². The molecule has 0 aliphatic carbocycles. The predicted octanol–water partition coefficient (Wildman–Crippen LogP) is 3.91. The maximum Gasteiger partial charge on any atom is 0.123 e. The van der Waals surface area contributed by atoms with Gasteiger partial charge in [-0.1, -0.05) is 41.5 Å². The minimum absolute atomic E-state index is 0.166. The van der Waals surface area contributed by atoms with E-state index in [1.807, 2.05) is 0 Å². The van der Waals surface area contributed by atoms with Gasteiger partial charge in [0.25, 0.3) is 0 Å². The topological polar surface area (TPSA) is 25.8 Å². The van der Waals surface area contributed by atoms with Gasteiger partial charge in [0.2, 0.25) is 0 Å². The van der Waals surface area contributed by atoms with Crippen molar-refractivity contribution in [2.45, 2.75) is 65.2 Å². The van der Waals surface area contributed by atoms with Gasteiger partial charge < -0.3 is 0 Å². The maximum atomic E-state index is 4.34. The zero-order valence-corrected chi connectivity index (χ0v) is 11.5. The molecule has 0 spiro atoms. The van der Waals surface area contributed by atoms with Gasteiger partial charge in [-0.15, -0.1) is 21.5 Å². The van der Waals surface area contributed by atoms with Gasteiger partial charge in [0, 0.05) is 10.8 Å². The minimum Gasteiger partial charge on any atom is -0.143 e. The van der Waals surface area contributed by atoms with Gasteiger partial charge in [0.15, 0.2) is 0 Å². The molecule has 0 radical (unpaired) electrons. The molecule has 0 saturated heterocycles. The average molecular weight is 226 g/mol. The molecule has 0 bridgehead atoms. The molecule has 2 nitrogen and oxygen atoms in total. The molecule has 0 saturated carbocycles. The van der Waals surface area contributed by atoms with Crippen LogP contribution in [0.3, 0.4) is 0 Å². The lowest BCUT2D eigenvalue weighted by molar-refractivity contribution is 0.488. The van der Waals surface area contributed by atoms with Crippen molar-refractivity contribution in [3.63, 3.8) is 0 Å². The summed E-state index contributed by atoms with van der Waals surface area (Å²) >= 11 is 1.77. The van der Waals surface area contributed by atoms with Crippen molar-refractivity contribution in [1.82, 2.24) is 10.2 Å². The molecular weight excluding hydrogens is 204 g/mol. The number of hydrogen-bond acceptors (Lipinski definition) is 3. The summed E-state index contributed by atoms with van der Waals surface area (Å²) < 4.78 is 0. The Morgan fingerprint density at radius 3 is 1.47 bits per heavy atom. The van der Waals surface area contributed by atoms with Gasteiger partial charge in [-0.2, -0.15) is 0 Å². The number of rotatable bonds is 4. The Hall–Kier alpha value is -0.440. The molecule has 1 aromatic rings. The third-order valence-corrected chi connectivity index (χ3v) is 5.01. The van der Waals surface area contributed by atoms with Crippen molar-refractivity contribution in [2.24, 2.45) is 0 Å². The van der Waals surface area contributed by atoms with Crippen LogP contribution < -0.4 is 0 Å². The largest absolute Gasteiger partial charge is 0.143 e. The highest BCUT2D eigenvalue weighted by Crippen LogP contribution is 2.35. The first kappa shape index (κ1) is 12.6. The molecule has 1 rings (SSSR count). The Balaban J connectivity index is 3.00. The Bertz CT molecular complexity index is 296. The van der Waals surface area contributed by atoms with Crippen molar-refractivity contribution in [1.29, 1.82) is 0 Å². The summed E-state index contributed by atoms with van der Waals surface area (Å²) in [6, 6.07) is 0. The fourth-order valence-corrected chi connectivity index (χ4v) is 2.26. The molecule has 15 heavy (non-hydrogen) atoms. The summed E-state index contributed by atoms with van der Waals surface area (Å²) in [5.74, 6) is 0. The minimum atomic E-state index is 0.166. The molecular formula is C12H22N2S. The van der Waals surface area contributed by atoms with Crippen LogP contribution in [0.15, 0.2) is 0 Å². The standard InChI is InChI=1S/C12H22N2S/c1-7-11(3,4)9-13-14-10(15-9)12(5,6)8-2/h7-8H2,1-6H3. The van der Waals surface area contributed by atoms with E-state index >= 15 is 0 Å². The molecule has 0 amide bonds. The zero-order valence-electron chi connectivity index (χ0n) is 10.7. The highest BCUT2D eigenvalue weighted by molar-refractivity contribution is 7.11. The molecule has 0 atom stereocenters. The quantitative estimate of drug-likeness (QED) is 0.778. The van der Waals surface area contributed by atoms with E-state index in [4.69, 9.17) is 0 Å². The van der Waals surface area contributed by atoms with E-state index in [0.717, 1.165) is 12.8 Å². The van der Waals surface area contributed by atoms with Crippen molar-refractivity contribution in [3.8, 4) is 0 Å². The monoisotopic (exact) mass is 226 g/mol. The summed E-state index contributed by atoms with van der Waals surface area (Å²) in [5.41, 5.74) is 0.333. The van der Waals surface area contributed by atoms with Crippen molar-refractivity contribution in [2.75, 3.05) is 0 Å². The van der Waals surface area contributed by atoms with Crippen LogP contribution >= 0.6 is 11.3 Å². The lowest BCUT2D eigenvalue weighted by Gasteiger charge is -2.20. The number of nitrogens with zero attached hydrogens (tertiary/aromatic N) is 2. The van der Waals surface area contributed by atoms with Gasteiger partial charge in [-0.3, -0.25) is 0 Å². The molecule has 0 aliphatic heterocycles. The molecule has 1 aromatic heterocycles. The van der Waals surface area contributed by atoms with Crippen LogP contribution in [-0.4, -0.2) is 10.2 Å². The van der Waals surface area contributed by atoms with Gasteiger partial charge in [0.05, 0.1) is 0 Å². The van der Waals surface area contributed by atoms with Crippen molar-refractivity contribution < 1.29 is 0 Å². The van der Waals surface area contributed by atoms with Crippen LogP contribution in [0.5, 0.6) is 0 Å². The van der Waals surface area contributed by atoms with Crippen LogP contribution in [0.4, 0.5) is 0 Å². The maximum absolute atomic E-state index is 4.34. The van der Waals surface area contributed by atoms with Gasteiger partial charge in [0.1, 0.15) is 10.0 Å². The summed E-state index contributed by atoms with van der Waals surface area (Å²) in [6.07, 6.45) is 2.21. The summed E-state index contributed by atoms with van der Waals surface area (Å²) in [4.78, 5) is 0. The van der Waals surface area contributed by atoms with E-state index in [0.29, 0.717) is 0 Å². The highest BCUT2D eigenvalue weighted by Gasteiger charge is 2.28. The zero-order chi connectivity index (χ0) is 11.7. The Kier molecular flexibility index (Phi) is 3.54. The second kappa shape index (κ2) is 4.20. The predicted molar refractivity (Wildman–Crippen MR) is 66.5 cm³/mol. The first-order valence-electron chi connectivity index (χ1n) is 5.68. The fourth-order valence-electron chi connectivity index (χ4n) is 1.07. The van der Waals surface area contributed by atoms with E-state index in [-0.39, 0.29) is 10.8 Å². The average Bonchev–Trinajstić information content (AvgIpc) is 2.67. The van der Waals surface area contributed by atoms with Crippen molar-refractivity contribution in [3.05, 3.63) is 10.0 Å². The lowest BCUT2D eigenvalue weighted by Crippen LogP contribution is -2.15. The van der Waals surface area contributed by atoms with Gasteiger partial charge in [-0.25, -0.2) is 0 Å². The first-order valence-corrected chi connectivity index (χ1v) is 6.49. The molecule has 3 heteroatoms. The Morgan fingerprint density at radius 1 is 0.867 bits per heavy atom. The first-order chi connectivity index (χ1) is 6.83. The summed E-state index contributed by atoms with van der Waals surface area (Å²) in [7, 11) is 0. The Morgan fingerprint density at radius 2 is 1.20 bits per heavy atom. The third kappa shape index (κ3) is 2.57. The van der Waals surface area contributed by atoms with Crippen LogP contribution in [0.25, 0.3) is 0 Å². The molecule has 86 valence electrons. The Labute approximate surface area is 97.1 Å². The van der Waals surface area contributed by atoms with Crippen LogP contribution in [0, 0.1) is 0 Å². The van der Waals surface area contributed by atoms with Crippen LogP contribution in [0.1, 0.15) is 64.4 Å². The van der Waals surface area contributed by atoms with Crippen LogP contribution in [0.2, 0.25) is 0 Å². The van der Waals surface area contributed by atoms with Crippen molar-refractivity contribution >= 4 is 11.3 Å². The molecule has 0 unspecified atom stereocenters. The smallest absolute Gasteiger partial charge is 0.123 e. The van der Waals surface area contributed by atoms with E-state index < -0.39 is 0 Å². The second-order valence-electron chi connectivity index (χ2n) is 5.39. The third-order valence-electron chi connectivity index (χ3n) is 3.35. The normalized spacial score (nSPS) is 13.2. The van der Waals surface area contributed by atoms with E-state index in [2.05, 4.69) is 51.7 Å². The SMILES string of the molecule is CCC(C)(C)c1nnc(C(C)(C)CC)s1. The molecule has 0 aliphatic rings. The van der Waals surface area contributed by atoms with Gasteiger partial charge >= 0.3 is 0 Å². The number of hydrogen-bond donors (Lipinski definition) is 0. The summed E-state index contributed by atoms with van der Waals surface area (Å²) in [5, 5.41) is 11.0. The molecule has 0 aromatic carbocycles. The molecule has 0 fully saturated rings. The number of aromatic nitrogens is 2. The van der Waals surface area contributed by atoms with E-state index in [1.165, 1.54) is 10.0 Å². The lowest BCUT2D eigenvalue weighted by atomic mass is 9.91. The highest BCUT2D eigenvalue weighted by atomic mass is 32.1. The van der Waals surface area contributed by atoms with Gasteiger partial charge in [-0.05, 0) is 12.8 Å². The molecule has 0 N–H and O–H groups in total. The van der Waals surface area contributed by atoms with E-state index in [9.17, 15) is 0 Å². The van der Waals surface area contributed by atoms with E-state index in [1.54, 1.807) is 11.3 Å².